The van der Waals surface area contributed by atoms with Crippen LogP contribution < -0.4 is 15.4 Å². The molecule has 0 saturated heterocycles. The second-order valence-corrected chi connectivity index (χ2v) is 7.60. The number of benzene rings is 2. The maximum atomic E-state index is 12.1. The number of nitrogens with zero attached hydrogens (tertiary/aromatic N) is 1. The highest BCUT2D eigenvalue weighted by Gasteiger charge is 2.12. The van der Waals surface area contributed by atoms with Crippen LogP contribution in [0.1, 0.15) is 13.8 Å². The number of aromatic nitrogens is 1. The number of thiazole rings is 1. The SMILES string of the molecule is CC(C)C(=O)Nc1nc2cc(NC(=O)COc3ccc(Cl)cc3)ccc2s1. The predicted molar refractivity (Wildman–Crippen MR) is 109 cm³/mol. The summed E-state index contributed by atoms with van der Waals surface area (Å²) in [5.41, 5.74) is 1.31. The molecule has 0 atom stereocenters. The van der Waals surface area contributed by atoms with Crippen LogP contribution in [-0.4, -0.2) is 23.4 Å². The molecule has 3 aromatic rings. The molecule has 3 rings (SSSR count). The number of rotatable bonds is 6. The van der Waals surface area contributed by atoms with Gasteiger partial charge in [-0.2, -0.15) is 0 Å². The van der Waals surface area contributed by atoms with E-state index in [1.54, 1.807) is 36.4 Å². The van der Waals surface area contributed by atoms with Crippen molar-refractivity contribution in [2.75, 3.05) is 17.2 Å². The number of halogens is 1. The van der Waals surface area contributed by atoms with E-state index in [0.29, 0.717) is 27.1 Å². The quantitative estimate of drug-likeness (QED) is 0.632. The van der Waals surface area contributed by atoms with Crippen molar-refractivity contribution in [2.45, 2.75) is 13.8 Å². The first kappa shape index (κ1) is 19.1. The largest absolute Gasteiger partial charge is 0.484 e. The van der Waals surface area contributed by atoms with Crippen molar-refractivity contribution < 1.29 is 14.3 Å². The van der Waals surface area contributed by atoms with E-state index >= 15 is 0 Å². The Bertz CT molecular complexity index is 970. The normalized spacial score (nSPS) is 10.8. The summed E-state index contributed by atoms with van der Waals surface area (Å²) in [7, 11) is 0. The number of carbonyl (C=O) groups excluding carboxylic acids is 2. The van der Waals surface area contributed by atoms with Crippen LogP contribution in [0.25, 0.3) is 10.2 Å². The highest BCUT2D eigenvalue weighted by molar-refractivity contribution is 7.22. The second kappa shape index (κ2) is 8.37. The topological polar surface area (TPSA) is 80.3 Å². The molecule has 0 radical (unpaired) electrons. The maximum absolute atomic E-state index is 12.1. The average Bonchev–Trinajstić information content (AvgIpc) is 3.02. The van der Waals surface area contributed by atoms with Crippen LogP contribution in [0.2, 0.25) is 5.02 Å². The first-order valence-corrected chi connectivity index (χ1v) is 9.50. The van der Waals surface area contributed by atoms with Crippen molar-refractivity contribution in [3.8, 4) is 5.75 Å². The summed E-state index contributed by atoms with van der Waals surface area (Å²) in [6, 6.07) is 12.2. The summed E-state index contributed by atoms with van der Waals surface area (Å²) in [5, 5.41) is 6.70. The standard InChI is InChI=1S/C19H18ClN3O3S/c1-11(2)18(25)23-19-22-15-9-13(5-8-16(15)27-19)21-17(24)10-26-14-6-3-12(20)4-7-14/h3-9,11H,10H2,1-2H3,(H,21,24)(H,22,23,25). The molecule has 0 spiro atoms. The molecule has 1 heterocycles. The molecule has 2 amide bonds. The number of amides is 2. The van der Waals surface area contributed by atoms with Gasteiger partial charge in [0.1, 0.15) is 5.75 Å². The second-order valence-electron chi connectivity index (χ2n) is 6.14. The van der Waals surface area contributed by atoms with E-state index in [9.17, 15) is 9.59 Å². The van der Waals surface area contributed by atoms with Crippen molar-refractivity contribution in [2.24, 2.45) is 5.92 Å². The Morgan fingerprint density at radius 2 is 1.89 bits per heavy atom. The molecule has 1 aromatic heterocycles. The molecular formula is C19H18ClN3O3S. The molecule has 140 valence electrons. The first-order valence-electron chi connectivity index (χ1n) is 8.30. The number of fused-ring (bicyclic) bond motifs is 1. The summed E-state index contributed by atoms with van der Waals surface area (Å²) >= 11 is 7.20. The van der Waals surface area contributed by atoms with Gasteiger partial charge in [0.15, 0.2) is 11.7 Å². The van der Waals surface area contributed by atoms with Crippen LogP contribution >= 0.6 is 22.9 Å². The van der Waals surface area contributed by atoms with E-state index in [4.69, 9.17) is 16.3 Å². The molecule has 0 unspecified atom stereocenters. The average molecular weight is 404 g/mol. The summed E-state index contributed by atoms with van der Waals surface area (Å²) in [6.07, 6.45) is 0. The number of anilines is 2. The van der Waals surface area contributed by atoms with Crippen LogP contribution in [0.15, 0.2) is 42.5 Å². The molecule has 0 aliphatic heterocycles. The Morgan fingerprint density at radius 1 is 1.15 bits per heavy atom. The summed E-state index contributed by atoms with van der Waals surface area (Å²) in [6.45, 7) is 3.53. The van der Waals surface area contributed by atoms with Crippen molar-refractivity contribution >= 4 is 55.8 Å². The van der Waals surface area contributed by atoms with Gasteiger partial charge in [-0.05, 0) is 42.5 Å². The molecule has 8 heteroatoms. The third-order valence-corrected chi connectivity index (χ3v) is 4.81. The zero-order valence-corrected chi connectivity index (χ0v) is 16.4. The fourth-order valence-electron chi connectivity index (χ4n) is 2.19. The lowest BCUT2D eigenvalue weighted by atomic mass is 10.2. The Labute approximate surface area is 165 Å². The number of nitrogens with one attached hydrogen (secondary N) is 2. The van der Waals surface area contributed by atoms with Crippen LogP contribution in [0.4, 0.5) is 10.8 Å². The third-order valence-electron chi connectivity index (χ3n) is 3.61. The van der Waals surface area contributed by atoms with Crippen molar-refractivity contribution in [1.82, 2.24) is 4.98 Å². The lowest BCUT2D eigenvalue weighted by Crippen LogP contribution is -2.20. The van der Waals surface area contributed by atoms with E-state index in [2.05, 4.69) is 15.6 Å². The van der Waals surface area contributed by atoms with Crippen molar-refractivity contribution in [3.05, 3.63) is 47.5 Å². The zero-order chi connectivity index (χ0) is 19.4. The minimum atomic E-state index is -0.284. The number of carbonyl (C=O) groups is 2. The van der Waals surface area contributed by atoms with Crippen LogP contribution in [0, 0.1) is 5.92 Å². The molecule has 0 aliphatic carbocycles. The summed E-state index contributed by atoms with van der Waals surface area (Å²) < 4.78 is 6.34. The van der Waals surface area contributed by atoms with Gasteiger partial charge in [-0.25, -0.2) is 4.98 Å². The van der Waals surface area contributed by atoms with Crippen LogP contribution in [0.5, 0.6) is 5.75 Å². The predicted octanol–water partition coefficient (Wildman–Crippen LogP) is 4.56. The molecule has 2 N–H and O–H groups in total. The highest BCUT2D eigenvalue weighted by Crippen LogP contribution is 2.28. The molecule has 6 nitrogen and oxygen atoms in total. The molecule has 0 fully saturated rings. The molecular weight excluding hydrogens is 386 g/mol. The lowest BCUT2D eigenvalue weighted by molar-refractivity contribution is -0.119. The van der Waals surface area contributed by atoms with Crippen LogP contribution in [0.3, 0.4) is 0 Å². The van der Waals surface area contributed by atoms with Gasteiger partial charge in [-0.1, -0.05) is 36.8 Å². The smallest absolute Gasteiger partial charge is 0.262 e. The van der Waals surface area contributed by atoms with Gasteiger partial charge < -0.3 is 15.4 Å². The third kappa shape index (κ3) is 5.18. The van der Waals surface area contributed by atoms with E-state index < -0.39 is 0 Å². The van der Waals surface area contributed by atoms with Gasteiger partial charge >= 0.3 is 0 Å². The maximum Gasteiger partial charge on any atom is 0.262 e. The van der Waals surface area contributed by atoms with Gasteiger partial charge in [0, 0.05) is 16.6 Å². The highest BCUT2D eigenvalue weighted by atomic mass is 35.5. The fraction of sp³-hybridized carbons (Fsp3) is 0.211. The monoisotopic (exact) mass is 403 g/mol. The zero-order valence-electron chi connectivity index (χ0n) is 14.8. The van der Waals surface area contributed by atoms with Gasteiger partial charge in [0.2, 0.25) is 5.91 Å². The number of hydrogen-bond acceptors (Lipinski definition) is 5. The summed E-state index contributed by atoms with van der Waals surface area (Å²) in [5.74, 6) is 0.0809. The van der Waals surface area contributed by atoms with E-state index in [1.165, 1.54) is 11.3 Å². The van der Waals surface area contributed by atoms with Crippen molar-refractivity contribution in [1.29, 1.82) is 0 Å². The van der Waals surface area contributed by atoms with Gasteiger partial charge in [-0.3, -0.25) is 9.59 Å². The lowest BCUT2D eigenvalue weighted by Gasteiger charge is -2.07. The van der Waals surface area contributed by atoms with E-state index in [-0.39, 0.29) is 24.3 Å². The Balaban J connectivity index is 1.61. The van der Waals surface area contributed by atoms with E-state index in [0.717, 1.165) is 4.70 Å². The van der Waals surface area contributed by atoms with Crippen molar-refractivity contribution in [3.63, 3.8) is 0 Å². The van der Waals surface area contributed by atoms with Gasteiger partial charge in [-0.15, -0.1) is 0 Å². The minimum absolute atomic E-state index is 0.0815. The Hall–Kier alpha value is -2.64. The number of ether oxygens (including phenoxy) is 1. The van der Waals surface area contributed by atoms with Gasteiger partial charge in [0.05, 0.1) is 10.2 Å². The summed E-state index contributed by atoms with van der Waals surface area (Å²) in [4.78, 5) is 28.3. The Kier molecular flexibility index (Phi) is 5.93. The molecule has 27 heavy (non-hydrogen) atoms. The molecule has 0 aliphatic rings. The molecule has 0 saturated carbocycles. The van der Waals surface area contributed by atoms with Crippen LogP contribution in [-0.2, 0) is 9.59 Å². The Morgan fingerprint density at radius 3 is 2.59 bits per heavy atom. The van der Waals surface area contributed by atoms with E-state index in [1.807, 2.05) is 19.9 Å². The molecule has 2 aromatic carbocycles. The molecule has 0 bridgehead atoms. The van der Waals surface area contributed by atoms with Gasteiger partial charge in [0.25, 0.3) is 5.91 Å². The number of hydrogen-bond donors (Lipinski definition) is 2. The fourth-order valence-corrected chi connectivity index (χ4v) is 3.16. The minimum Gasteiger partial charge on any atom is -0.484 e. The first-order chi connectivity index (χ1) is 12.9.